The summed E-state index contributed by atoms with van der Waals surface area (Å²) in [5, 5.41) is 4.21. The Morgan fingerprint density at radius 3 is 2.75 bits per heavy atom. The Kier molecular flexibility index (Phi) is 3.29. The standard InChI is InChI=1S/C8H14BrN3/c1-4-11(2)6-7-5-8(9)10-12(7)3/h5H,4,6H2,1-3H3. The molecule has 0 radical (unpaired) electrons. The fourth-order valence-electron chi connectivity index (χ4n) is 1.00. The maximum Gasteiger partial charge on any atom is 0.128 e. The first kappa shape index (κ1) is 9.74. The number of hydrogen-bond acceptors (Lipinski definition) is 2. The highest BCUT2D eigenvalue weighted by atomic mass is 79.9. The topological polar surface area (TPSA) is 21.1 Å². The molecular weight excluding hydrogens is 218 g/mol. The minimum Gasteiger partial charge on any atom is -0.301 e. The van der Waals surface area contributed by atoms with Crippen molar-refractivity contribution in [2.75, 3.05) is 13.6 Å². The van der Waals surface area contributed by atoms with Crippen LogP contribution in [-0.2, 0) is 13.6 Å². The second-order valence-corrected chi connectivity index (χ2v) is 3.72. The monoisotopic (exact) mass is 231 g/mol. The average Bonchev–Trinajstić information content (AvgIpc) is 2.30. The van der Waals surface area contributed by atoms with Gasteiger partial charge in [0, 0.05) is 13.6 Å². The van der Waals surface area contributed by atoms with Crippen LogP contribution in [0.2, 0.25) is 0 Å². The highest BCUT2D eigenvalue weighted by Crippen LogP contribution is 2.10. The zero-order valence-electron chi connectivity index (χ0n) is 7.71. The lowest BCUT2D eigenvalue weighted by molar-refractivity contribution is 0.335. The third kappa shape index (κ3) is 2.32. The van der Waals surface area contributed by atoms with Crippen LogP contribution in [0.3, 0.4) is 0 Å². The molecule has 12 heavy (non-hydrogen) atoms. The molecule has 1 rings (SSSR count). The van der Waals surface area contributed by atoms with E-state index in [4.69, 9.17) is 0 Å². The molecule has 4 heteroatoms. The highest BCUT2D eigenvalue weighted by Gasteiger charge is 2.04. The minimum atomic E-state index is 0.907. The molecule has 1 aromatic rings. The first-order valence-corrected chi connectivity index (χ1v) is 4.79. The number of aryl methyl sites for hydroxylation is 1. The normalized spacial score (nSPS) is 11.1. The van der Waals surface area contributed by atoms with Crippen molar-refractivity contribution in [2.24, 2.45) is 7.05 Å². The molecule has 0 atom stereocenters. The lowest BCUT2D eigenvalue weighted by Crippen LogP contribution is -2.18. The van der Waals surface area contributed by atoms with E-state index in [1.165, 1.54) is 5.69 Å². The summed E-state index contributed by atoms with van der Waals surface area (Å²) >= 11 is 3.34. The third-order valence-corrected chi connectivity index (χ3v) is 2.31. The summed E-state index contributed by atoms with van der Waals surface area (Å²) in [7, 11) is 4.06. The van der Waals surface area contributed by atoms with Gasteiger partial charge in [0.1, 0.15) is 4.60 Å². The van der Waals surface area contributed by atoms with Gasteiger partial charge in [0.05, 0.1) is 5.69 Å². The van der Waals surface area contributed by atoms with Gasteiger partial charge in [0.25, 0.3) is 0 Å². The van der Waals surface area contributed by atoms with Crippen LogP contribution in [0.1, 0.15) is 12.6 Å². The van der Waals surface area contributed by atoms with Crippen LogP contribution < -0.4 is 0 Å². The van der Waals surface area contributed by atoms with Gasteiger partial charge < -0.3 is 4.90 Å². The molecule has 0 unspecified atom stereocenters. The van der Waals surface area contributed by atoms with Crippen molar-refractivity contribution >= 4 is 15.9 Å². The zero-order valence-corrected chi connectivity index (χ0v) is 9.30. The number of aromatic nitrogens is 2. The van der Waals surface area contributed by atoms with Crippen molar-refractivity contribution in [3.8, 4) is 0 Å². The van der Waals surface area contributed by atoms with Crippen molar-refractivity contribution in [2.45, 2.75) is 13.5 Å². The van der Waals surface area contributed by atoms with Gasteiger partial charge in [-0.1, -0.05) is 6.92 Å². The molecule has 0 aliphatic rings. The van der Waals surface area contributed by atoms with E-state index in [9.17, 15) is 0 Å². The van der Waals surface area contributed by atoms with E-state index in [-0.39, 0.29) is 0 Å². The molecule has 0 N–H and O–H groups in total. The maximum absolute atomic E-state index is 4.21. The van der Waals surface area contributed by atoms with E-state index in [1.54, 1.807) is 0 Å². The van der Waals surface area contributed by atoms with Crippen molar-refractivity contribution in [3.05, 3.63) is 16.4 Å². The Hall–Kier alpha value is -0.350. The van der Waals surface area contributed by atoms with Crippen molar-refractivity contribution in [1.29, 1.82) is 0 Å². The lowest BCUT2D eigenvalue weighted by atomic mass is 10.4. The highest BCUT2D eigenvalue weighted by molar-refractivity contribution is 9.10. The Morgan fingerprint density at radius 1 is 1.67 bits per heavy atom. The number of halogens is 1. The summed E-state index contributed by atoms with van der Waals surface area (Å²) < 4.78 is 2.81. The van der Waals surface area contributed by atoms with Gasteiger partial charge in [-0.3, -0.25) is 4.68 Å². The van der Waals surface area contributed by atoms with Gasteiger partial charge in [0.15, 0.2) is 0 Å². The molecule has 1 heterocycles. The number of rotatable bonds is 3. The predicted octanol–water partition coefficient (Wildman–Crippen LogP) is 1.63. The second-order valence-electron chi connectivity index (χ2n) is 2.91. The van der Waals surface area contributed by atoms with Crippen molar-refractivity contribution < 1.29 is 0 Å². The van der Waals surface area contributed by atoms with E-state index >= 15 is 0 Å². The second kappa shape index (κ2) is 4.05. The van der Waals surface area contributed by atoms with Crippen LogP contribution in [0.25, 0.3) is 0 Å². The summed E-state index contributed by atoms with van der Waals surface area (Å²) in [6.07, 6.45) is 0. The number of hydrogen-bond donors (Lipinski definition) is 0. The lowest BCUT2D eigenvalue weighted by Gasteiger charge is -2.12. The zero-order chi connectivity index (χ0) is 9.14. The first-order chi connectivity index (χ1) is 5.63. The molecule has 0 bridgehead atoms. The molecule has 1 aromatic heterocycles. The molecule has 0 aliphatic carbocycles. The summed E-state index contributed by atoms with van der Waals surface area (Å²) in [5.41, 5.74) is 1.23. The predicted molar refractivity (Wildman–Crippen MR) is 52.9 cm³/mol. The van der Waals surface area contributed by atoms with Crippen LogP contribution in [0.5, 0.6) is 0 Å². The molecule has 0 aromatic carbocycles. The van der Waals surface area contributed by atoms with Gasteiger partial charge in [-0.2, -0.15) is 5.10 Å². The fourth-order valence-corrected chi connectivity index (χ4v) is 1.51. The van der Waals surface area contributed by atoms with Gasteiger partial charge >= 0.3 is 0 Å². The molecule has 0 amide bonds. The molecule has 0 aliphatic heterocycles. The molecule has 0 fully saturated rings. The van der Waals surface area contributed by atoms with E-state index in [0.717, 1.165) is 17.7 Å². The quantitative estimate of drug-likeness (QED) is 0.789. The first-order valence-electron chi connectivity index (χ1n) is 4.00. The van der Waals surface area contributed by atoms with Crippen molar-refractivity contribution in [3.63, 3.8) is 0 Å². The SMILES string of the molecule is CCN(C)Cc1cc(Br)nn1C. The average molecular weight is 232 g/mol. The molecular formula is C8H14BrN3. The fraction of sp³-hybridized carbons (Fsp3) is 0.625. The maximum atomic E-state index is 4.21. The molecule has 3 nitrogen and oxygen atoms in total. The van der Waals surface area contributed by atoms with Crippen LogP contribution in [0.4, 0.5) is 0 Å². The Labute approximate surface area is 81.5 Å². The number of nitrogens with zero attached hydrogens (tertiary/aromatic N) is 3. The van der Waals surface area contributed by atoms with Gasteiger partial charge in [-0.15, -0.1) is 0 Å². The molecule has 0 saturated carbocycles. The van der Waals surface area contributed by atoms with Gasteiger partial charge in [-0.05, 0) is 35.6 Å². The summed E-state index contributed by atoms with van der Waals surface area (Å²) in [4.78, 5) is 2.24. The largest absolute Gasteiger partial charge is 0.301 e. The van der Waals surface area contributed by atoms with E-state index in [1.807, 2.05) is 17.8 Å². The molecule has 0 saturated heterocycles. The van der Waals surface area contributed by atoms with Crippen LogP contribution >= 0.6 is 15.9 Å². The van der Waals surface area contributed by atoms with Crippen LogP contribution in [-0.4, -0.2) is 28.3 Å². The minimum absolute atomic E-state index is 0.907. The summed E-state index contributed by atoms with van der Waals surface area (Å²) in [6.45, 7) is 4.15. The Balaban J connectivity index is 2.68. The van der Waals surface area contributed by atoms with Crippen LogP contribution in [0.15, 0.2) is 10.7 Å². The van der Waals surface area contributed by atoms with E-state index < -0.39 is 0 Å². The smallest absolute Gasteiger partial charge is 0.128 e. The van der Waals surface area contributed by atoms with Gasteiger partial charge in [-0.25, -0.2) is 0 Å². The van der Waals surface area contributed by atoms with Crippen molar-refractivity contribution in [1.82, 2.24) is 14.7 Å². The van der Waals surface area contributed by atoms with Crippen LogP contribution in [0, 0.1) is 0 Å². The Bertz CT molecular complexity index is 257. The van der Waals surface area contributed by atoms with Gasteiger partial charge in [0.2, 0.25) is 0 Å². The van der Waals surface area contributed by atoms with E-state index in [2.05, 4.69) is 39.9 Å². The Morgan fingerprint density at radius 2 is 2.33 bits per heavy atom. The molecule has 0 spiro atoms. The van der Waals surface area contributed by atoms with E-state index in [0.29, 0.717) is 0 Å². The summed E-state index contributed by atoms with van der Waals surface area (Å²) in [6, 6.07) is 2.05. The third-order valence-electron chi connectivity index (χ3n) is 1.92. The summed E-state index contributed by atoms with van der Waals surface area (Å²) in [5.74, 6) is 0. The molecule has 68 valence electrons.